The fraction of sp³-hybridized carbons (Fsp3) is 0.176. The van der Waals surface area contributed by atoms with Crippen molar-refractivity contribution in [3.05, 3.63) is 52.3 Å². The minimum absolute atomic E-state index is 0.0648. The van der Waals surface area contributed by atoms with Crippen LogP contribution in [0.3, 0.4) is 0 Å². The number of amides is 1. The second-order valence-electron chi connectivity index (χ2n) is 5.19. The highest BCUT2D eigenvalue weighted by atomic mass is 32.1. The summed E-state index contributed by atoms with van der Waals surface area (Å²) in [6.07, 6.45) is 0.250. The molecule has 3 rings (SSSR count). The van der Waals surface area contributed by atoms with Crippen molar-refractivity contribution in [3.8, 4) is 11.4 Å². The van der Waals surface area contributed by atoms with E-state index < -0.39 is 11.8 Å². The lowest BCUT2D eigenvalue weighted by atomic mass is 10.2. The third-order valence-corrected chi connectivity index (χ3v) is 4.35. The smallest absolute Gasteiger partial charge is 0.350 e. The first kappa shape index (κ1) is 17.7. The van der Waals surface area contributed by atoms with Gasteiger partial charge < -0.3 is 14.6 Å². The van der Waals surface area contributed by atoms with Gasteiger partial charge in [0.25, 0.3) is 0 Å². The summed E-state index contributed by atoms with van der Waals surface area (Å²) in [5.41, 5.74) is 0.623. The maximum absolute atomic E-state index is 13.7. The van der Waals surface area contributed by atoms with Crippen LogP contribution >= 0.6 is 11.3 Å². The third-order valence-electron chi connectivity index (χ3n) is 3.46. The largest absolute Gasteiger partial charge is 0.465 e. The highest BCUT2D eigenvalue weighted by Gasteiger charge is 2.17. The minimum atomic E-state index is -0.512. The molecule has 0 atom stereocenters. The Balaban J connectivity index is 1.60. The molecular weight excluding hydrogens is 361 g/mol. The van der Waals surface area contributed by atoms with Crippen LogP contribution in [0.4, 0.5) is 10.1 Å². The van der Waals surface area contributed by atoms with E-state index in [9.17, 15) is 14.0 Å². The van der Waals surface area contributed by atoms with Crippen LogP contribution in [0.1, 0.15) is 22.0 Å². The van der Waals surface area contributed by atoms with E-state index in [1.165, 1.54) is 24.5 Å². The zero-order valence-corrected chi connectivity index (χ0v) is 14.5. The molecule has 0 aliphatic heterocycles. The highest BCUT2D eigenvalue weighted by Crippen LogP contribution is 2.23. The molecule has 7 nitrogen and oxygen atoms in total. The molecule has 2 aromatic heterocycles. The lowest BCUT2D eigenvalue weighted by Crippen LogP contribution is -2.14. The van der Waals surface area contributed by atoms with Crippen LogP contribution in [0.5, 0.6) is 0 Å². The maximum atomic E-state index is 13.7. The van der Waals surface area contributed by atoms with E-state index in [0.29, 0.717) is 10.6 Å². The molecule has 0 spiro atoms. The van der Waals surface area contributed by atoms with Crippen molar-refractivity contribution >= 4 is 28.9 Å². The number of esters is 1. The molecule has 134 valence electrons. The Labute approximate surface area is 151 Å². The number of rotatable bonds is 6. The molecule has 0 fully saturated rings. The normalized spacial score (nSPS) is 10.5. The molecule has 0 aliphatic carbocycles. The fourth-order valence-corrected chi connectivity index (χ4v) is 2.97. The number of ether oxygens (including phenoxy) is 1. The summed E-state index contributed by atoms with van der Waals surface area (Å²) in [5, 5.41) is 8.06. The summed E-state index contributed by atoms with van der Waals surface area (Å²) in [4.78, 5) is 28.1. The lowest BCUT2D eigenvalue weighted by Gasteiger charge is -2.04. The monoisotopic (exact) mass is 375 g/mol. The molecule has 0 aliphatic rings. The van der Waals surface area contributed by atoms with Crippen LogP contribution in [-0.2, 0) is 16.0 Å². The molecular formula is C17H14FN3O4S. The van der Waals surface area contributed by atoms with Gasteiger partial charge in [0.1, 0.15) is 10.7 Å². The van der Waals surface area contributed by atoms with Crippen molar-refractivity contribution in [2.24, 2.45) is 0 Å². The first-order valence-corrected chi connectivity index (χ1v) is 8.49. The van der Waals surface area contributed by atoms with E-state index in [4.69, 9.17) is 4.52 Å². The third kappa shape index (κ3) is 3.94. The van der Waals surface area contributed by atoms with Gasteiger partial charge in [0.2, 0.25) is 17.6 Å². The van der Waals surface area contributed by atoms with Crippen LogP contribution in [-0.4, -0.2) is 29.1 Å². The molecule has 0 saturated heterocycles. The van der Waals surface area contributed by atoms with Crippen molar-refractivity contribution in [2.45, 2.75) is 12.8 Å². The van der Waals surface area contributed by atoms with Crippen LogP contribution in [0.25, 0.3) is 11.4 Å². The van der Waals surface area contributed by atoms with E-state index in [2.05, 4.69) is 20.2 Å². The Hall–Kier alpha value is -3.07. The number of aryl methyl sites for hydroxylation is 1. The molecule has 26 heavy (non-hydrogen) atoms. The number of thiophene rings is 1. The SMILES string of the molecule is COC(=O)c1sccc1NC(=O)CCc1nc(-c2ccccc2F)no1. The maximum Gasteiger partial charge on any atom is 0.350 e. The Bertz CT molecular complexity index is 937. The molecule has 9 heteroatoms. The van der Waals surface area contributed by atoms with Gasteiger partial charge in [-0.1, -0.05) is 17.3 Å². The molecule has 1 aromatic carbocycles. The number of carbonyl (C=O) groups excluding carboxylic acids is 2. The van der Waals surface area contributed by atoms with Gasteiger partial charge in [-0.05, 0) is 23.6 Å². The number of hydrogen-bond acceptors (Lipinski definition) is 7. The van der Waals surface area contributed by atoms with E-state index in [0.717, 1.165) is 0 Å². The predicted octanol–water partition coefficient (Wildman–Crippen LogP) is 3.30. The molecule has 0 saturated carbocycles. The zero-order chi connectivity index (χ0) is 18.5. The van der Waals surface area contributed by atoms with Crippen molar-refractivity contribution in [1.29, 1.82) is 0 Å². The van der Waals surface area contributed by atoms with E-state index >= 15 is 0 Å². The summed E-state index contributed by atoms with van der Waals surface area (Å²) in [7, 11) is 1.27. The Kier molecular flexibility index (Phi) is 5.37. The van der Waals surface area contributed by atoms with Crippen molar-refractivity contribution in [2.75, 3.05) is 12.4 Å². The van der Waals surface area contributed by atoms with Crippen molar-refractivity contribution in [1.82, 2.24) is 10.1 Å². The van der Waals surface area contributed by atoms with Crippen LogP contribution < -0.4 is 5.32 Å². The quantitative estimate of drug-likeness (QED) is 0.665. The van der Waals surface area contributed by atoms with E-state index in [1.807, 2.05) is 0 Å². The van der Waals surface area contributed by atoms with Crippen molar-refractivity contribution < 1.29 is 23.2 Å². The van der Waals surface area contributed by atoms with Crippen LogP contribution in [0.2, 0.25) is 0 Å². The Morgan fingerprint density at radius 1 is 1.31 bits per heavy atom. The predicted molar refractivity (Wildman–Crippen MR) is 92.3 cm³/mol. The fourth-order valence-electron chi connectivity index (χ4n) is 2.20. The summed E-state index contributed by atoms with van der Waals surface area (Å²) >= 11 is 1.18. The van der Waals surface area contributed by atoms with Gasteiger partial charge in [-0.3, -0.25) is 4.79 Å². The van der Waals surface area contributed by atoms with Gasteiger partial charge in [0.05, 0.1) is 18.4 Å². The summed E-state index contributed by atoms with van der Waals surface area (Å²) in [5.74, 6) is -0.937. The van der Waals surface area contributed by atoms with Gasteiger partial charge in [-0.2, -0.15) is 4.98 Å². The first-order valence-electron chi connectivity index (χ1n) is 7.61. The lowest BCUT2D eigenvalue weighted by molar-refractivity contribution is -0.116. The molecule has 3 aromatic rings. The Morgan fingerprint density at radius 3 is 2.88 bits per heavy atom. The number of anilines is 1. The number of halogens is 1. The average molecular weight is 375 g/mol. The second kappa shape index (κ2) is 7.87. The molecule has 1 N–H and O–H groups in total. The molecule has 0 bridgehead atoms. The molecule has 0 radical (unpaired) electrons. The van der Waals surface area contributed by atoms with Crippen LogP contribution in [0, 0.1) is 5.82 Å². The van der Waals surface area contributed by atoms with Crippen molar-refractivity contribution in [3.63, 3.8) is 0 Å². The van der Waals surface area contributed by atoms with E-state index in [1.54, 1.807) is 29.6 Å². The number of nitrogens with one attached hydrogen (secondary N) is 1. The molecule has 2 heterocycles. The number of benzene rings is 1. The molecule has 0 unspecified atom stereocenters. The number of methoxy groups -OCH3 is 1. The second-order valence-corrected chi connectivity index (χ2v) is 6.11. The standard InChI is InChI=1S/C17H14FN3O4S/c1-24-17(23)15-12(8-9-26-15)19-13(22)6-7-14-20-16(21-25-14)10-4-2-3-5-11(10)18/h2-5,8-9H,6-7H2,1H3,(H,19,22). The number of aromatic nitrogens is 2. The first-order chi connectivity index (χ1) is 12.6. The number of carbonyl (C=O) groups is 2. The minimum Gasteiger partial charge on any atom is -0.465 e. The summed E-state index contributed by atoms with van der Waals surface area (Å²) in [6.45, 7) is 0. The van der Waals surface area contributed by atoms with Gasteiger partial charge in [-0.25, -0.2) is 9.18 Å². The zero-order valence-electron chi connectivity index (χ0n) is 13.7. The van der Waals surface area contributed by atoms with E-state index in [-0.39, 0.29) is 36.0 Å². The topological polar surface area (TPSA) is 94.3 Å². The number of hydrogen-bond donors (Lipinski definition) is 1. The summed E-state index contributed by atoms with van der Waals surface area (Å²) < 4.78 is 23.4. The average Bonchev–Trinajstić information content (AvgIpc) is 3.29. The van der Waals surface area contributed by atoms with Gasteiger partial charge in [-0.15, -0.1) is 11.3 Å². The number of nitrogens with zero attached hydrogens (tertiary/aromatic N) is 2. The van der Waals surface area contributed by atoms with Crippen LogP contribution in [0.15, 0.2) is 40.2 Å². The van der Waals surface area contributed by atoms with Gasteiger partial charge >= 0.3 is 5.97 Å². The van der Waals surface area contributed by atoms with Gasteiger partial charge in [0.15, 0.2) is 0 Å². The Morgan fingerprint density at radius 2 is 2.12 bits per heavy atom. The van der Waals surface area contributed by atoms with Gasteiger partial charge in [0, 0.05) is 12.8 Å². The highest BCUT2D eigenvalue weighted by molar-refractivity contribution is 7.12. The molecule has 1 amide bonds. The summed E-state index contributed by atoms with van der Waals surface area (Å²) in [6, 6.07) is 7.71.